The fourth-order valence-electron chi connectivity index (χ4n) is 2.39. The van der Waals surface area contributed by atoms with E-state index in [2.05, 4.69) is 20.6 Å². The van der Waals surface area contributed by atoms with Crippen LogP contribution in [0.1, 0.15) is 17.3 Å². The standard InChI is InChI=1S/C19H16N4O3/c1-12(24)22-16-4-2-14(3-5-16)18(25)23-17-10-15(11-21-19(17)26)13-6-8-20-9-7-13/h2-11H,1H3,(H,21,26)(H,22,24)(H,23,25). The number of nitrogens with one attached hydrogen (secondary N) is 3. The zero-order valence-electron chi connectivity index (χ0n) is 13.9. The first-order valence-corrected chi connectivity index (χ1v) is 7.85. The molecule has 2 heterocycles. The van der Waals surface area contributed by atoms with E-state index in [9.17, 15) is 14.4 Å². The van der Waals surface area contributed by atoms with Gasteiger partial charge in [-0.2, -0.15) is 0 Å². The van der Waals surface area contributed by atoms with Crippen molar-refractivity contribution in [2.24, 2.45) is 0 Å². The molecule has 0 aliphatic heterocycles. The van der Waals surface area contributed by atoms with Gasteiger partial charge < -0.3 is 15.6 Å². The summed E-state index contributed by atoms with van der Waals surface area (Å²) in [5, 5.41) is 5.24. The SMILES string of the molecule is CC(=O)Nc1ccc(C(=O)Nc2cc(-c3ccncc3)c[nH]c2=O)cc1. The van der Waals surface area contributed by atoms with Gasteiger partial charge in [0.15, 0.2) is 0 Å². The van der Waals surface area contributed by atoms with E-state index in [4.69, 9.17) is 0 Å². The lowest BCUT2D eigenvalue weighted by Crippen LogP contribution is -2.19. The number of anilines is 2. The van der Waals surface area contributed by atoms with E-state index >= 15 is 0 Å². The fraction of sp³-hybridized carbons (Fsp3) is 0.0526. The number of aromatic nitrogens is 2. The van der Waals surface area contributed by atoms with Crippen LogP contribution in [0, 0.1) is 0 Å². The molecule has 3 aromatic rings. The Hall–Kier alpha value is -3.74. The maximum absolute atomic E-state index is 12.4. The molecule has 3 rings (SSSR count). The maximum Gasteiger partial charge on any atom is 0.271 e. The zero-order chi connectivity index (χ0) is 18.5. The molecule has 0 radical (unpaired) electrons. The number of rotatable bonds is 4. The van der Waals surface area contributed by atoms with Gasteiger partial charge in [-0.1, -0.05) is 0 Å². The van der Waals surface area contributed by atoms with Crippen LogP contribution in [0.5, 0.6) is 0 Å². The highest BCUT2D eigenvalue weighted by Gasteiger charge is 2.10. The average Bonchev–Trinajstić information content (AvgIpc) is 2.64. The quantitative estimate of drug-likeness (QED) is 0.674. The Morgan fingerprint density at radius 3 is 2.31 bits per heavy atom. The Balaban J connectivity index is 1.81. The molecule has 0 saturated carbocycles. The highest BCUT2D eigenvalue weighted by Crippen LogP contribution is 2.19. The smallest absolute Gasteiger partial charge is 0.271 e. The average molecular weight is 348 g/mol. The van der Waals surface area contributed by atoms with E-state index in [-0.39, 0.29) is 11.6 Å². The monoisotopic (exact) mass is 348 g/mol. The van der Waals surface area contributed by atoms with Crippen LogP contribution in [0.15, 0.2) is 65.8 Å². The van der Waals surface area contributed by atoms with Gasteiger partial charge in [-0.15, -0.1) is 0 Å². The molecule has 2 amide bonds. The molecule has 0 aliphatic carbocycles. The third-order valence-corrected chi connectivity index (χ3v) is 3.63. The molecule has 0 bridgehead atoms. The molecule has 0 atom stereocenters. The van der Waals surface area contributed by atoms with Crippen molar-refractivity contribution < 1.29 is 9.59 Å². The van der Waals surface area contributed by atoms with Gasteiger partial charge in [-0.25, -0.2) is 0 Å². The number of carbonyl (C=O) groups excluding carboxylic acids is 2. The van der Waals surface area contributed by atoms with Crippen LogP contribution < -0.4 is 16.2 Å². The second-order valence-electron chi connectivity index (χ2n) is 5.58. The molecule has 7 nitrogen and oxygen atoms in total. The summed E-state index contributed by atoms with van der Waals surface area (Å²) in [7, 11) is 0. The Bertz CT molecular complexity index is 995. The summed E-state index contributed by atoms with van der Waals surface area (Å²) >= 11 is 0. The van der Waals surface area contributed by atoms with Crippen LogP contribution in [0.2, 0.25) is 0 Å². The van der Waals surface area contributed by atoms with Crippen LogP contribution >= 0.6 is 0 Å². The van der Waals surface area contributed by atoms with Crippen molar-refractivity contribution in [1.82, 2.24) is 9.97 Å². The van der Waals surface area contributed by atoms with Gasteiger partial charge in [0.25, 0.3) is 11.5 Å². The minimum absolute atomic E-state index is 0.148. The summed E-state index contributed by atoms with van der Waals surface area (Å²) in [6.07, 6.45) is 4.88. The number of benzene rings is 1. The Labute approximate surface area is 149 Å². The largest absolute Gasteiger partial charge is 0.327 e. The summed E-state index contributed by atoms with van der Waals surface area (Å²) in [6.45, 7) is 1.41. The van der Waals surface area contributed by atoms with Gasteiger partial charge in [-0.3, -0.25) is 19.4 Å². The highest BCUT2D eigenvalue weighted by atomic mass is 16.2. The zero-order valence-corrected chi connectivity index (χ0v) is 13.9. The summed E-state index contributed by atoms with van der Waals surface area (Å²) < 4.78 is 0. The molecule has 7 heteroatoms. The number of amides is 2. The summed E-state index contributed by atoms with van der Waals surface area (Å²) in [5.74, 6) is -0.613. The first kappa shape index (κ1) is 17.1. The number of hydrogen-bond acceptors (Lipinski definition) is 4. The minimum Gasteiger partial charge on any atom is -0.327 e. The minimum atomic E-state index is -0.420. The van der Waals surface area contributed by atoms with Crippen molar-refractivity contribution in [2.45, 2.75) is 6.92 Å². The van der Waals surface area contributed by atoms with E-state index in [1.807, 2.05) is 0 Å². The first-order valence-electron chi connectivity index (χ1n) is 7.85. The predicted octanol–water partition coefficient (Wildman–Crippen LogP) is 2.65. The number of aromatic amines is 1. The molecular formula is C19H16N4O3. The number of carbonyl (C=O) groups is 2. The van der Waals surface area contributed by atoms with E-state index in [1.165, 1.54) is 6.92 Å². The van der Waals surface area contributed by atoms with Crippen LogP contribution in [0.25, 0.3) is 11.1 Å². The van der Waals surface area contributed by atoms with Crippen LogP contribution in [-0.4, -0.2) is 21.8 Å². The Kier molecular flexibility index (Phi) is 4.89. The first-order chi connectivity index (χ1) is 12.5. The van der Waals surface area contributed by atoms with Gasteiger partial charge in [0.2, 0.25) is 5.91 Å². The van der Waals surface area contributed by atoms with E-state index in [0.29, 0.717) is 11.3 Å². The summed E-state index contributed by atoms with van der Waals surface area (Å²) in [5.41, 5.74) is 2.33. The molecule has 0 saturated heterocycles. The molecule has 26 heavy (non-hydrogen) atoms. The fourth-order valence-corrected chi connectivity index (χ4v) is 2.39. The second-order valence-corrected chi connectivity index (χ2v) is 5.58. The van der Waals surface area contributed by atoms with Gasteiger partial charge in [0.05, 0.1) is 0 Å². The highest BCUT2D eigenvalue weighted by molar-refractivity contribution is 6.04. The van der Waals surface area contributed by atoms with Crippen molar-refractivity contribution in [1.29, 1.82) is 0 Å². The van der Waals surface area contributed by atoms with Crippen molar-refractivity contribution >= 4 is 23.2 Å². The molecule has 0 fully saturated rings. The molecular weight excluding hydrogens is 332 g/mol. The molecule has 130 valence electrons. The van der Waals surface area contributed by atoms with Gasteiger partial charge in [0, 0.05) is 42.3 Å². The number of hydrogen-bond donors (Lipinski definition) is 3. The maximum atomic E-state index is 12.4. The van der Waals surface area contributed by atoms with Crippen molar-refractivity contribution in [3.05, 3.63) is 77.0 Å². The molecule has 1 aromatic carbocycles. The number of pyridine rings is 2. The van der Waals surface area contributed by atoms with E-state index < -0.39 is 11.5 Å². The molecule has 0 spiro atoms. The van der Waals surface area contributed by atoms with E-state index in [1.54, 1.807) is 61.1 Å². The van der Waals surface area contributed by atoms with Gasteiger partial charge in [0.1, 0.15) is 5.69 Å². The molecule has 2 aromatic heterocycles. The van der Waals surface area contributed by atoms with Crippen LogP contribution in [0.4, 0.5) is 11.4 Å². The van der Waals surface area contributed by atoms with E-state index in [0.717, 1.165) is 11.1 Å². The lowest BCUT2D eigenvalue weighted by molar-refractivity contribution is -0.114. The summed E-state index contributed by atoms with van der Waals surface area (Å²) in [4.78, 5) is 42.0. The third-order valence-electron chi connectivity index (χ3n) is 3.63. The lowest BCUT2D eigenvalue weighted by atomic mass is 10.1. The van der Waals surface area contributed by atoms with Crippen molar-refractivity contribution in [3.63, 3.8) is 0 Å². The molecule has 0 unspecified atom stereocenters. The number of nitrogens with zero attached hydrogens (tertiary/aromatic N) is 1. The third kappa shape index (κ3) is 4.02. The molecule has 0 aliphatic rings. The van der Waals surface area contributed by atoms with Crippen molar-refractivity contribution in [3.8, 4) is 11.1 Å². The van der Waals surface area contributed by atoms with Crippen molar-refractivity contribution in [2.75, 3.05) is 10.6 Å². The lowest BCUT2D eigenvalue weighted by Gasteiger charge is -2.08. The van der Waals surface area contributed by atoms with Crippen LogP contribution in [-0.2, 0) is 4.79 Å². The Morgan fingerprint density at radius 2 is 1.65 bits per heavy atom. The summed E-state index contributed by atoms with van der Waals surface area (Å²) in [6, 6.07) is 11.6. The Morgan fingerprint density at radius 1 is 0.962 bits per heavy atom. The second kappa shape index (κ2) is 7.43. The van der Waals surface area contributed by atoms with Gasteiger partial charge in [-0.05, 0) is 48.0 Å². The number of H-pyrrole nitrogens is 1. The predicted molar refractivity (Wildman–Crippen MR) is 99.0 cm³/mol. The van der Waals surface area contributed by atoms with Gasteiger partial charge >= 0.3 is 0 Å². The normalized spacial score (nSPS) is 10.2. The molecule has 3 N–H and O–H groups in total. The van der Waals surface area contributed by atoms with Crippen LogP contribution in [0.3, 0.4) is 0 Å². The topological polar surface area (TPSA) is 104 Å².